The summed E-state index contributed by atoms with van der Waals surface area (Å²) in [7, 11) is 1.83. The molecule has 1 N–H and O–H groups in total. The van der Waals surface area contributed by atoms with E-state index in [2.05, 4.69) is 27.4 Å². The van der Waals surface area contributed by atoms with Crippen LogP contribution in [0.1, 0.15) is 43.0 Å². The van der Waals surface area contributed by atoms with E-state index in [-0.39, 0.29) is 17.4 Å². The number of nitrogens with one attached hydrogen (secondary N) is 1. The number of benzene rings is 1. The lowest BCUT2D eigenvalue weighted by atomic mass is 9.94. The van der Waals surface area contributed by atoms with Crippen LogP contribution in [-0.2, 0) is 10.2 Å². The molecule has 4 rings (SSSR count). The number of hydrogen-bond acceptors (Lipinski definition) is 4. The van der Waals surface area contributed by atoms with Crippen LogP contribution in [-0.4, -0.2) is 34.4 Å². The van der Waals surface area contributed by atoms with E-state index in [4.69, 9.17) is 0 Å². The second kappa shape index (κ2) is 5.89. The summed E-state index contributed by atoms with van der Waals surface area (Å²) in [4.78, 5) is 24.2. The minimum atomic E-state index is -0.308. The quantitative estimate of drug-likeness (QED) is 0.940. The Hall–Kier alpha value is -2.43. The molecule has 1 aromatic carbocycles. The predicted octanol–water partition coefficient (Wildman–Crippen LogP) is 2.91. The van der Waals surface area contributed by atoms with Crippen LogP contribution in [0.4, 0.5) is 5.82 Å². The van der Waals surface area contributed by atoms with Crippen LogP contribution in [0.2, 0.25) is 0 Å². The highest BCUT2D eigenvalue weighted by Gasteiger charge is 2.54. The highest BCUT2D eigenvalue weighted by Crippen LogP contribution is 2.51. The number of hydrogen-bond donors (Lipinski definition) is 1. The molecule has 24 heavy (non-hydrogen) atoms. The monoisotopic (exact) mass is 322 g/mol. The zero-order valence-electron chi connectivity index (χ0n) is 13.9. The number of nitrogens with zero attached hydrogens (tertiary/aromatic N) is 3. The summed E-state index contributed by atoms with van der Waals surface area (Å²) in [5.74, 6) is 1.00. The summed E-state index contributed by atoms with van der Waals surface area (Å²) in [5.41, 5.74) is 1.73. The van der Waals surface area contributed by atoms with Crippen LogP contribution in [0, 0.1) is 0 Å². The lowest BCUT2D eigenvalue weighted by molar-refractivity contribution is -0.135. The summed E-state index contributed by atoms with van der Waals surface area (Å²) >= 11 is 0. The minimum absolute atomic E-state index is 0.0412. The first-order chi connectivity index (χ1) is 11.7. The second-order valence-corrected chi connectivity index (χ2v) is 6.68. The van der Waals surface area contributed by atoms with Gasteiger partial charge in [-0.1, -0.05) is 30.3 Å². The molecule has 1 aromatic heterocycles. The van der Waals surface area contributed by atoms with Crippen molar-refractivity contribution in [1.82, 2.24) is 14.9 Å². The van der Waals surface area contributed by atoms with Gasteiger partial charge >= 0.3 is 0 Å². The van der Waals surface area contributed by atoms with Gasteiger partial charge in [0.05, 0.1) is 29.5 Å². The van der Waals surface area contributed by atoms with Gasteiger partial charge < -0.3 is 10.2 Å². The Morgan fingerprint density at radius 2 is 2.04 bits per heavy atom. The molecule has 2 fully saturated rings. The highest BCUT2D eigenvalue weighted by molar-refractivity contribution is 5.91. The smallest absolute Gasteiger partial charge is 0.233 e. The van der Waals surface area contributed by atoms with Gasteiger partial charge in [0.1, 0.15) is 5.82 Å². The number of rotatable bonds is 4. The van der Waals surface area contributed by atoms with Crippen LogP contribution in [0.5, 0.6) is 0 Å². The first-order valence-electron chi connectivity index (χ1n) is 8.61. The van der Waals surface area contributed by atoms with Crippen molar-refractivity contribution in [3.63, 3.8) is 0 Å². The fourth-order valence-electron chi connectivity index (χ4n) is 3.76. The zero-order chi connectivity index (χ0) is 16.6. The van der Waals surface area contributed by atoms with Crippen molar-refractivity contribution < 1.29 is 4.79 Å². The maximum atomic E-state index is 13.3. The predicted molar refractivity (Wildman–Crippen MR) is 92.6 cm³/mol. The summed E-state index contributed by atoms with van der Waals surface area (Å²) in [5, 5.41) is 3.03. The summed E-state index contributed by atoms with van der Waals surface area (Å²) in [6, 6.07) is 10.2. The Labute approximate surface area is 142 Å². The van der Waals surface area contributed by atoms with Crippen LogP contribution in [0.25, 0.3) is 0 Å². The maximum absolute atomic E-state index is 13.3. The van der Waals surface area contributed by atoms with Crippen molar-refractivity contribution in [3.8, 4) is 0 Å². The van der Waals surface area contributed by atoms with Crippen molar-refractivity contribution in [2.45, 2.75) is 37.1 Å². The van der Waals surface area contributed by atoms with Crippen molar-refractivity contribution in [2.75, 3.05) is 18.9 Å². The molecule has 0 bridgehead atoms. The summed E-state index contributed by atoms with van der Waals surface area (Å²) in [6.45, 7) is 0.809. The first kappa shape index (κ1) is 15.1. The van der Waals surface area contributed by atoms with E-state index in [1.54, 1.807) is 12.4 Å². The van der Waals surface area contributed by atoms with Crippen molar-refractivity contribution >= 4 is 11.7 Å². The van der Waals surface area contributed by atoms with Gasteiger partial charge in [-0.05, 0) is 31.2 Å². The molecule has 1 unspecified atom stereocenters. The number of amides is 1. The Kier molecular flexibility index (Phi) is 3.71. The van der Waals surface area contributed by atoms with Gasteiger partial charge in [0.15, 0.2) is 0 Å². The Bertz CT molecular complexity index is 742. The van der Waals surface area contributed by atoms with Crippen molar-refractivity contribution in [1.29, 1.82) is 0 Å². The maximum Gasteiger partial charge on any atom is 0.233 e. The molecule has 1 amide bonds. The highest BCUT2D eigenvalue weighted by atomic mass is 16.2. The number of anilines is 1. The lowest BCUT2D eigenvalue weighted by Crippen LogP contribution is -2.39. The molecule has 2 aromatic rings. The molecule has 2 heterocycles. The van der Waals surface area contributed by atoms with Gasteiger partial charge in [0, 0.05) is 13.6 Å². The molecule has 5 nitrogen and oxygen atoms in total. The third-order valence-corrected chi connectivity index (χ3v) is 5.25. The van der Waals surface area contributed by atoms with E-state index in [1.165, 1.54) is 0 Å². The fourth-order valence-corrected chi connectivity index (χ4v) is 3.76. The van der Waals surface area contributed by atoms with Gasteiger partial charge in [-0.2, -0.15) is 0 Å². The van der Waals surface area contributed by atoms with Gasteiger partial charge in [0.2, 0.25) is 5.91 Å². The third kappa shape index (κ3) is 2.44. The molecule has 0 spiro atoms. The normalized spacial score (nSPS) is 21.5. The lowest BCUT2D eigenvalue weighted by Gasteiger charge is -2.29. The van der Waals surface area contributed by atoms with E-state index in [1.807, 2.05) is 30.1 Å². The molecule has 1 aliphatic heterocycles. The van der Waals surface area contributed by atoms with Crippen LogP contribution in [0.15, 0.2) is 42.7 Å². The number of likely N-dealkylation sites (tertiary alicyclic amines) is 1. The third-order valence-electron chi connectivity index (χ3n) is 5.25. The first-order valence-corrected chi connectivity index (χ1v) is 8.61. The van der Waals surface area contributed by atoms with Crippen molar-refractivity contribution in [2.24, 2.45) is 0 Å². The molecule has 124 valence electrons. The van der Waals surface area contributed by atoms with E-state index in [0.29, 0.717) is 0 Å². The van der Waals surface area contributed by atoms with Gasteiger partial charge in [-0.15, -0.1) is 0 Å². The second-order valence-electron chi connectivity index (χ2n) is 6.68. The summed E-state index contributed by atoms with van der Waals surface area (Å²) in [6.07, 6.45) is 7.37. The Morgan fingerprint density at radius 1 is 1.25 bits per heavy atom. The molecular formula is C19H22N4O. The molecule has 1 saturated carbocycles. The number of carbonyl (C=O) groups is 1. The molecule has 1 aliphatic carbocycles. The van der Waals surface area contributed by atoms with E-state index in [9.17, 15) is 4.79 Å². The van der Waals surface area contributed by atoms with Gasteiger partial charge in [-0.3, -0.25) is 9.78 Å². The largest absolute Gasteiger partial charge is 0.372 e. The molecule has 0 radical (unpaired) electrons. The minimum Gasteiger partial charge on any atom is -0.372 e. The topological polar surface area (TPSA) is 58.1 Å². The zero-order valence-corrected chi connectivity index (χ0v) is 13.9. The molecule has 1 atom stereocenters. The number of aromatic nitrogens is 2. The summed E-state index contributed by atoms with van der Waals surface area (Å²) < 4.78 is 0. The Morgan fingerprint density at radius 3 is 2.75 bits per heavy atom. The van der Waals surface area contributed by atoms with Crippen molar-refractivity contribution in [3.05, 3.63) is 54.0 Å². The molecule has 1 saturated heterocycles. The molecule has 5 heteroatoms. The Balaban J connectivity index is 1.62. The average molecular weight is 322 g/mol. The average Bonchev–Trinajstić information content (AvgIpc) is 3.32. The van der Waals surface area contributed by atoms with Gasteiger partial charge in [0.25, 0.3) is 0 Å². The SMILES string of the molecule is CNc1cncc(C2CCCN2C(=O)C2(c3ccccc3)CC2)n1. The molecular weight excluding hydrogens is 300 g/mol. The van der Waals surface area contributed by atoms with E-state index < -0.39 is 0 Å². The van der Waals surface area contributed by atoms with E-state index in [0.717, 1.165) is 49.3 Å². The number of carbonyl (C=O) groups excluding carboxylic acids is 1. The van der Waals surface area contributed by atoms with Crippen LogP contribution in [0.3, 0.4) is 0 Å². The van der Waals surface area contributed by atoms with Gasteiger partial charge in [-0.25, -0.2) is 4.98 Å². The van der Waals surface area contributed by atoms with Crippen LogP contribution < -0.4 is 5.32 Å². The standard InChI is InChI=1S/C19H22N4O/c1-20-17-13-21-12-15(22-17)16-8-5-11-23(16)18(24)19(9-10-19)14-6-3-2-4-7-14/h2-4,6-7,12-13,16H,5,8-11H2,1H3,(H,20,22). The molecule has 2 aliphatic rings. The fraction of sp³-hybridized carbons (Fsp3) is 0.421. The van der Waals surface area contributed by atoms with E-state index >= 15 is 0 Å². The van der Waals surface area contributed by atoms with Crippen LogP contribution >= 0.6 is 0 Å².